The summed E-state index contributed by atoms with van der Waals surface area (Å²) >= 11 is 0. The molecule has 0 aromatic heterocycles. The lowest BCUT2D eigenvalue weighted by atomic mass is 9.96. The molecule has 0 saturated carbocycles. The first-order chi connectivity index (χ1) is 10.0. The van der Waals surface area contributed by atoms with Crippen LogP contribution in [0.1, 0.15) is 36.1 Å². The molecule has 21 heavy (non-hydrogen) atoms. The van der Waals surface area contributed by atoms with Gasteiger partial charge in [0.25, 0.3) is 0 Å². The third-order valence-electron chi connectivity index (χ3n) is 3.41. The highest BCUT2D eigenvalue weighted by Gasteiger charge is 2.19. The molecule has 2 aromatic carbocycles. The van der Waals surface area contributed by atoms with Crippen LogP contribution < -0.4 is 5.32 Å². The van der Waals surface area contributed by atoms with Crippen LogP contribution in [0.4, 0.5) is 13.2 Å². The van der Waals surface area contributed by atoms with E-state index in [1.54, 1.807) is 25.1 Å². The van der Waals surface area contributed by atoms with E-state index in [0.29, 0.717) is 23.2 Å². The fourth-order valence-corrected chi connectivity index (χ4v) is 2.28. The predicted octanol–water partition coefficient (Wildman–Crippen LogP) is 4.50. The topological polar surface area (TPSA) is 12.0 Å². The van der Waals surface area contributed by atoms with Crippen LogP contribution in [0.15, 0.2) is 36.4 Å². The van der Waals surface area contributed by atoms with Crippen molar-refractivity contribution in [2.45, 2.75) is 26.3 Å². The van der Waals surface area contributed by atoms with Crippen molar-refractivity contribution in [2.24, 2.45) is 0 Å². The molecule has 0 heterocycles. The summed E-state index contributed by atoms with van der Waals surface area (Å²) in [7, 11) is 0. The molecular weight excluding hydrogens is 275 g/mol. The van der Waals surface area contributed by atoms with Crippen LogP contribution in [0.3, 0.4) is 0 Å². The monoisotopic (exact) mass is 293 g/mol. The van der Waals surface area contributed by atoms with Crippen molar-refractivity contribution < 1.29 is 13.2 Å². The molecule has 112 valence electrons. The lowest BCUT2D eigenvalue weighted by Crippen LogP contribution is -2.24. The Bertz CT molecular complexity index is 625. The van der Waals surface area contributed by atoms with Gasteiger partial charge in [-0.25, -0.2) is 13.2 Å². The Balaban J connectivity index is 2.47. The van der Waals surface area contributed by atoms with Gasteiger partial charge in [-0.15, -0.1) is 0 Å². The van der Waals surface area contributed by atoms with E-state index in [2.05, 4.69) is 5.32 Å². The molecule has 0 bridgehead atoms. The summed E-state index contributed by atoms with van der Waals surface area (Å²) in [6.45, 7) is 4.32. The largest absolute Gasteiger partial charge is 0.306 e. The number of nitrogens with one attached hydrogen (secondary N) is 1. The second kappa shape index (κ2) is 6.76. The van der Waals surface area contributed by atoms with Crippen molar-refractivity contribution >= 4 is 0 Å². The normalized spacial score (nSPS) is 12.4. The first-order valence-corrected chi connectivity index (χ1v) is 6.98. The maximum atomic E-state index is 14.3. The Hall–Kier alpha value is -1.81. The molecule has 1 atom stereocenters. The maximum absolute atomic E-state index is 14.3. The maximum Gasteiger partial charge on any atom is 0.159 e. The average molecular weight is 293 g/mol. The van der Waals surface area contributed by atoms with E-state index >= 15 is 0 Å². The van der Waals surface area contributed by atoms with Gasteiger partial charge in [0.05, 0.1) is 6.04 Å². The molecule has 2 rings (SSSR count). The molecule has 1 nitrogen and oxygen atoms in total. The first kappa shape index (κ1) is 15.6. The third kappa shape index (κ3) is 3.45. The van der Waals surface area contributed by atoms with E-state index in [-0.39, 0.29) is 5.82 Å². The number of hydrogen-bond acceptors (Lipinski definition) is 1. The van der Waals surface area contributed by atoms with Crippen molar-refractivity contribution in [3.63, 3.8) is 0 Å². The zero-order valence-corrected chi connectivity index (χ0v) is 12.1. The minimum absolute atomic E-state index is 0.323. The molecule has 0 spiro atoms. The van der Waals surface area contributed by atoms with Gasteiger partial charge in [0.1, 0.15) is 5.82 Å². The van der Waals surface area contributed by atoms with E-state index in [1.807, 2.05) is 6.92 Å². The molecule has 0 saturated heterocycles. The Kier molecular flexibility index (Phi) is 5.02. The number of hydrogen-bond donors (Lipinski definition) is 1. The Morgan fingerprint density at radius 1 is 1.05 bits per heavy atom. The summed E-state index contributed by atoms with van der Waals surface area (Å²) in [6.07, 6.45) is 0.855. The fraction of sp³-hybridized carbons (Fsp3) is 0.294. The van der Waals surface area contributed by atoms with Crippen LogP contribution in [0, 0.1) is 24.4 Å². The lowest BCUT2D eigenvalue weighted by Gasteiger charge is -2.21. The number of aryl methyl sites for hydroxylation is 1. The van der Waals surface area contributed by atoms with Gasteiger partial charge < -0.3 is 5.32 Å². The second-order valence-corrected chi connectivity index (χ2v) is 5.04. The van der Waals surface area contributed by atoms with Gasteiger partial charge in [-0.2, -0.15) is 0 Å². The summed E-state index contributed by atoms with van der Waals surface area (Å²) in [4.78, 5) is 0. The van der Waals surface area contributed by atoms with Crippen LogP contribution >= 0.6 is 0 Å². The van der Waals surface area contributed by atoms with E-state index < -0.39 is 17.7 Å². The van der Waals surface area contributed by atoms with Crippen molar-refractivity contribution in [3.8, 4) is 0 Å². The summed E-state index contributed by atoms with van der Waals surface area (Å²) in [6, 6.07) is 8.27. The molecule has 0 aliphatic carbocycles. The highest BCUT2D eigenvalue weighted by molar-refractivity contribution is 5.35. The second-order valence-electron chi connectivity index (χ2n) is 5.04. The number of halogens is 3. The van der Waals surface area contributed by atoms with Crippen LogP contribution in [-0.4, -0.2) is 6.54 Å². The minimum Gasteiger partial charge on any atom is -0.306 e. The number of benzene rings is 2. The van der Waals surface area contributed by atoms with E-state index in [1.165, 1.54) is 6.07 Å². The van der Waals surface area contributed by atoms with Crippen LogP contribution in [0.2, 0.25) is 0 Å². The van der Waals surface area contributed by atoms with Gasteiger partial charge in [0.2, 0.25) is 0 Å². The smallest absolute Gasteiger partial charge is 0.159 e. The Morgan fingerprint density at radius 3 is 2.48 bits per heavy atom. The van der Waals surface area contributed by atoms with Gasteiger partial charge in [0.15, 0.2) is 11.6 Å². The van der Waals surface area contributed by atoms with Crippen molar-refractivity contribution in [3.05, 3.63) is 70.5 Å². The van der Waals surface area contributed by atoms with Gasteiger partial charge in [-0.1, -0.05) is 31.2 Å². The molecule has 2 aromatic rings. The molecule has 1 N–H and O–H groups in total. The van der Waals surface area contributed by atoms with Gasteiger partial charge in [-0.05, 0) is 43.1 Å². The predicted molar refractivity (Wildman–Crippen MR) is 77.6 cm³/mol. The van der Waals surface area contributed by atoms with Crippen LogP contribution in [0.25, 0.3) is 0 Å². The Labute approximate surface area is 122 Å². The zero-order chi connectivity index (χ0) is 15.4. The van der Waals surface area contributed by atoms with E-state index in [0.717, 1.165) is 18.6 Å². The SMILES string of the molecule is CCCNC(c1ccc(F)c(F)c1)c1cccc(C)c1F. The molecule has 4 heteroatoms. The highest BCUT2D eigenvalue weighted by atomic mass is 19.2. The summed E-state index contributed by atoms with van der Waals surface area (Å²) < 4.78 is 40.9. The minimum atomic E-state index is -0.927. The molecule has 0 fully saturated rings. The molecule has 0 amide bonds. The van der Waals surface area contributed by atoms with Gasteiger partial charge in [-0.3, -0.25) is 0 Å². The van der Waals surface area contributed by atoms with E-state index in [4.69, 9.17) is 0 Å². The van der Waals surface area contributed by atoms with Crippen LogP contribution in [-0.2, 0) is 0 Å². The van der Waals surface area contributed by atoms with Crippen LogP contribution in [0.5, 0.6) is 0 Å². The summed E-state index contributed by atoms with van der Waals surface area (Å²) in [5.41, 5.74) is 1.47. The summed E-state index contributed by atoms with van der Waals surface area (Å²) in [5.74, 6) is -2.16. The van der Waals surface area contributed by atoms with Gasteiger partial charge in [0, 0.05) is 5.56 Å². The van der Waals surface area contributed by atoms with Gasteiger partial charge >= 0.3 is 0 Å². The first-order valence-electron chi connectivity index (χ1n) is 6.98. The molecule has 0 radical (unpaired) electrons. The highest BCUT2D eigenvalue weighted by Crippen LogP contribution is 2.27. The van der Waals surface area contributed by atoms with Crippen molar-refractivity contribution in [2.75, 3.05) is 6.54 Å². The molecular formula is C17H18F3N. The molecule has 0 aliphatic heterocycles. The lowest BCUT2D eigenvalue weighted by molar-refractivity contribution is 0.500. The average Bonchev–Trinajstić information content (AvgIpc) is 2.47. The fourth-order valence-electron chi connectivity index (χ4n) is 2.28. The molecule has 0 aliphatic rings. The number of rotatable bonds is 5. The quantitative estimate of drug-likeness (QED) is 0.855. The van der Waals surface area contributed by atoms with Crippen molar-refractivity contribution in [1.29, 1.82) is 0 Å². The molecule has 1 unspecified atom stereocenters. The Morgan fingerprint density at radius 2 is 1.81 bits per heavy atom. The third-order valence-corrected chi connectivity index (χ3v) is 3.41. The van der Waals surface area contributed by atoms with Crippen molar-refractivity contribution in [1.82, 2.24) is 5.32 Å². The standard InChI is InChI=1S/C17H18F3N/c1-3-9-21-17(12-7-8-14(18)15(19)10-12)13-6-4-5-11(2)16(13)20/h4-8,10,17,21H,3,9H2,1-2H3. The summed E-state index contributed by atoms with van der Waals surface area (Å²) in [5, 5.41) is 3.19. The van der Waals surface area contributed by atoms with E-state index in [9.17, 15) is 13.2 Å². The zero-order valence-electron chi connectivity index (χ0n) is 12.1.